The highest BCUT2D eigenvalue weighted by Gasteiger charge is 2.35. The minimum absolute atomic E-state index is 0.0617. The Balaban J connectivity index is 1.66. The molecule has 2 atom stereocenters. The summed E-state index contributed by atoms with van der Waals surface area (Å²) < 4.78 is 0. The van der Waals surface area contributed by atoms with E-state index in [9.17, 15) is 4.79 Å². The molecule has 1 saturated heterocycles. The van der Waals surface area contributed by atoms with Crippen molar-refractivity contribution in [3.05, 3.63) is 52.2 Å². The molecule has 5 nitrogen and oxygen atoms in total. The van der Waals surface area contributed by atoms with Gasteiger partial charge in [0.1, 0.15) is 32.2 Å². The summed E-state index contributed by atoms with van der Waals surface area (Å²) in [6.45, 7) is 12.3. The number of quaternary nitrogens is 2. The maximum atomic E-state index is 12.6. The zero-order chi connectivity index (χ0) is 19.2. The fourth-order valence-electron chi connectivity index (χ4n) is 4.04. The number of amides is 2. The standard InChI is InChI=1S/C21H30N4OS/c1-4-24-10-12-25(13-11-24)20(19-9-6-14-27-19)17(3)22-21(26)23-18-8-5-7-16(2)15-18/h5-9,14-15,17,20H,4,10-13H2,1-3H3,(H2,22,23,26)/p+2/t17-,20-/m0/s1. The molecule has 4 N–H and O–H groups in total. The Kier molecular flexibility index (Phi) is 6.88. The number of rotatable bonds is 6. The first-order valence-electron chi connectivity index (χ1n) is 9.92. The summed E-state index contributed by atoms with van der Waals surface area (Å²) >= 11 is 1.79. The van der Waals surface area contributed by atoms with E-state index < -0.39 is 0 Å². The SMILES string of the molecule is CC[NH+]1CC[NH+]([C@H](c2cccs2)[C@H](C)NC(=O)Nc2cccc(C)c2)CC1. The predicted molar refractivity (Wildman–Crippen MR) is 112 cm³/mol. The van der Waals surface area contributed by atoms with Gasteiger partial charge in [-0.1, -0.05) is 18.2 Å². The van der Waals surface area contributed by atoms with Crippen molar-refractivity contribution in [1.29, 1.82) is 0 Å². The first kappa shape index (κ1) is 19.9. The molecule has 1 aromatic heterocycles. The van der Waals surface area contributed by atoms with Gasteiger partial charge in [0.25, 0.3) is 0 Å². The molecule has 6 heteroatoms. The monoisotopic (exact) mass is 388 g/mol. The fraction of sp³-hybridized carbons (Fsp3) is 0.476. The summed E-state index contributed by atoms with van der Waals surface area (Å²) in [5, 5.41) is 8.29. The number of aryl methyl sites for hydroxylation is 1. The van der Waals surface area contributed by atoms with Crippen LogP contribution in [0.2, 0.25) is 0 Å². The van der Waals surface area contributed by atoms with Gasteiger partial charge in [0, 0.05) is 5.69 Å². The van der Waals surface area contributed by atoms with Crippen molar-refractivity contribution in [3.63, 3.8) is 0 Å². The van der Waals surface area contributed by atoms with Crippen molar-refractivity contribution in [2.24, 2.45) is 0 Å². The van der Waals surface area contributed by atoms with E-state index in [2.05, 4.69) is 42.0 Å². The third-order valence-corrected chi connectivity index (χ3v) is 6.48. The Morgan fingerprint density at radius 1 is 1.19 bits per heavy atom. The minimum Gasteiger partial charge on any atom is -0.329 e. The molecule has 0 unspecified atom stereocenters. The summed E-state index contributed by atoms with van der Waals surface area (Å²) in [6, 6.07) is 12.4. The number of carbonyl (C=O) groups is 1. The molecular formula is C21H32N4OS+2. The molecule has 0 saturated carbocycles. The van der Waals surface area contributed by atoms with Crippen LogP contribution in [0, 0.1) is 6.92 Å². The van der Waals surface area contributed by atoms with E-state index >= 15 is 0 Å². The quantitative estimate of drug-likeness (QED) is 0.589. The highest BCUT2D eigenvalue weighted by atomic mass is 32.1. The van der Waals surface area contributed by atoms with Crippen molar-refractivity contribution in [2.75, 3.05) is 38.0 Å². The molecule has 2 aromatic rings. The van der Waals surface area contributed by atoms with E-state index in [1.54, 1.807) is 21.1 Å². The number of thiophene rings is 1. The molecule has 1 aliphatic heterocycles. The van der Waals surface area contributed by atoms with Crippen molar-refractivity contribution >= 4 is 23.1 Å². The number of nitrogens with one attached hydrogen (secondary N) is 4. The minimum atomic E-state index is -0.133. The molecule has 0 spiro atoms. The van der Waals surface area contributed by atoms with Crippen LogP contribution in [0.4, 0.5) is 10.5 Å². The molecule has 3 rings (SSSR count). The smallest absolute Gasteiger partial charge is 0.319 e. The zero-order valence-electron chi connectivity index (χ0n) is 16.5. The van der Waals surface area contributed by atoms with Crippen LogP contribution in [-0.2, 0) is 0 Å². The molecule has 2 heterocycles. The number of urea groups is 1. The van der Waals surface area contributed by atoms with Crippen LogP contribution >= 0.6 is 11.3 Å². The molecule has 0 bridgehead atoms. The Labute approximate surface area is 166 Å². The number of hydrogen-bond donors (Lipinski definition) is 4. The number of likely N-dealkylation sites (N-methyl/N-ethyl adjacent to an activating group) is 1. The fourth-order valence-corrected chi connectivity index (χ4v) is 5.03. The molecule has 146 valence electrons. The molecule has 2 amide bonds. The average Bonchev–Trinajstić information content (AvgIpc) is 3.16. The van der Waals surface area contributed by atoms with Gasteiger partial charge in [-0.15, -0.1) is 11.3 Å². The Bertz CT molecular complexity index is 726. The highest BCUT2D eigenvalue weighted by Crippen LogP contribution is 2.20. The van der Waals surface area contributed by atoms with Crippen molar-refractivity contribution in [2.45, 2.75) is 32.9 Å². The van der Waals surface area contributed by atoms with E-state index in [0.29, 0.717) is 6.04 Å². The Morgan fingerprint density at radius 3 is 2.59 bits per heavy atom. The lowest BCUT2D eigenvalue weighted by Crippen LogP contribution is -3.28. The predicted octanol–water partition coefficient (Wildman–Crippen LogP) is 1.11. The molecule has 0 aliphatic carbocycles. The Morgan fingerprint density at radius 2 is 1.96 bits per heavy atom. The number of carbonyl (C=O) groups excluding carboxylic acids is 1. The largest absolute Gasteiger partial charge is 0.329 e. The van der Waals surface area contributed by atoms with E-state index in [-0.39, 0.29) is 12.1 Å². The van der Waals surface area contributed by atoms with Crippen LogP contribution in [0.3, 0.4) is 0 Å². The lowest BCUT2D eigenvalue weighted by Gasteiger charge is -2.36. The number of hydrogen-bond acceptors (Lipinski definition) is 2. The lowest BCUT2D eigenvalue weighted by molar-refractivity contribution is -1.03. The molecule has 27 heavy (non-hydrogen) atoms. The van der Waals surface area contributed by atoms with Crippen molar-refractivity contribution in [3.8, 4) is 0 Å². The third-order valence-electron chi connectivity index (χ3n) is 5.52. The second-order valence-electron chi connectivity index (χ2n) is 7.51. The van der Waals surface area contributed by atoms with Gasteiger partial charge < -0.3 is 20.4 Å². The van der Waals surface area contributed by atoms with Gasteiger partial charge in [-0.2, -0.15) is 0 Å². The molecular weight excluding hydrogens is 356 g/mol. The van der Waals surface area contributed by atoms with Crippen LogP contribution < -0.4 is 20.4 Å². The summed E-state index contributed by atoms with van der Waals surface area (Å²) in [4.78, 5) is 17.2. The maximum absolute atomic E-state index is 12.6. The van der Waals surface area contributed by atoms with E-state index in [0.717, 1.165) is 24.3 Å². The van der Waals surface area contributed by atoms with E-state index in [1.165, 1.54) is 24.5 Å². The average molecular weight is 389 g/mol. The number of anilines is 1. The van der Waals surface area contributed by atoms with Gasteiger partial charge in [-0.05, 0) is 49.9 Å². The summed E-state index contributed by atoms with van der Waals surface area (Å²) in [6.07, 6.45) is 0. The van der Waals surface area contributed by atoms with Crippen LogP contribution in [0.1, 0.15) is 30.3 Å². The van der Waals surface area contributed by atoms with Gasteiger partial charge in [-0.3, -0.25) is 0 Å². The van der Waals surface area contributed by atoms with E-state index in [4.69, 9.17) is 0 Å². The summed E-state index contributed by atoms with van der Waals surface area (Å²) in [5.74, 6) is 0. The van der Waals surface area contributed by atoms with Crippen LogP contribution in [0.25, 0.3) is 0 Å². The first-order valence-corrected chi connectivity index (χ1v) is 10.8. The summed E-state index contributed by atoms with van der Waals surface area (Å²) in [5.41, 5.74) is 1.97. The van der Waals surface area contributed by atoms with Crippen molar-refractivity contribution < 1.29 is 14.6 Å². The second-order valence-corrected chi connectivity index (χ2v) is 8.49. The van der Waals surface area contributed by atoms with Crippen molar-refractivity contribution in [1.82, 2.24) is 5.32 Å². The third kappa shape index (κ3) is 5.31. The van der Waals surface area contributed by atoms with Gasteiger partial charge in [-0.25, -0.2) is 4.79 Å². The van der Waals surface area contributed by atoms with Crippen LogP contribution in [0.15, 0.2) is 41.8 Å². The molecule has 1 fully saturated rings. The molecule has 1 aliphatic rings. The van der Waals surface area contributed by atoms with Gasteiger partial charge in [0.15, 0.2) is 0 Å². The zero-order valence-corrected chi connectivity index (χ0v) is 17.4. The molecule has 1 aromatic carbocycles. The molecule has 0 radical (unpaired) electrons. The van der Waals surface area contributed by atoms with Gasteiger partial charge in [0.2, 0.25) is 0 Å². The van der Waals surface area contributed by atoms with Crippen LogP contribution in [-0.4, -0.2) is 44.8 Å². The Hall–Kier alpha value is -1.89. The second kappa shape index (κ2) is 9.35. The topological polar surface area (TPSA) is 50.0 Å². The first-order chi connectivity index (χ1) is 13.1. The highest BCUT2D eigenvalue weighted by molar-refractivity contribution is 7.10. The van der Waals surface area contributed by atoms with E-state index in [1.807, 2.05) is 31.2 Å². The number of piperazine rings is 1. The van der Waals surface area contributed by atoms with Gasteiger partial charge in [0.05, 0.1) is 17.5 Å². The number of benzene rings is 1. The maximum Gasteiger partial charge on any atom is 0.319 e. The normalized spacial score (nSPS) is 22.0. The van der Waals surface area contributed by atoms with Crippen LogP contribution in [0.5, 0.6) is 0 Å². The summed E-state index contributed by atoms with van der Waals surface area (Å²) in [7, 11) is 0. The lowest BCUT2D eigenvalue weighted by atomic mass is 10.0. The van der Waals surface area contributed by atoms with Gasteiger partial charge >= 0.3 is 6.03 Å².